The molecule has 0 aliphatic rings. The Hall–Kier alpha value is -1.04. The molecule has 0 aromatic heterocycles. The van der Waals surface area contributed by atoms with Crippen molar-refractivity contribution in [3.05, 3.63) is 60.2 Å². The maximum atomic E-state index is 2.33. The van der Waals surface area contributed by atoms with Crippen LogP contribution in [0.4, 0.5) is 0 Å². The van der Waals surface area contributed by atoms with Gasteiger partial charge in [-0.25, -0.2) is 0 Å². The molecule has 0 unspecified atom stereocenters. The summed E-state index contributed by atoms with van der Waals surface area (Å²) in [4.78, 5) is 0. The third-order valence-corrected chi connectivity index (χ3v) is 4.38. The predicted octanol–water partition coefficient (Wildman–Crippen LogP) is 1.90. The van der Waals surface area contributed by atoms with Gasteiger partial charge in [-0.1, -0.05) is 0 Å². The first-order chi connectivity index (χ1) is 7.38. The van der Waals surface area contributed by atoms with Crippen molar-refractivity contribution in [1.82, 2.24) is 0 Å². The topological polar surface area (TPSA) is 0 Å². The fraction of sp³-hybridized carbons (Fsp3) is 0.143. The molecular formula is C14H14Se. The Bertz CT molecular complexity index is 420. The summed E-state index contributed by atoms with van der Waals surface area (Å²) in [6, 6.07) is 19.6. The van der Waals surface area contributed by atoms with Crippen molar-refractivity contribution in [2.45, 2.75) is 13.3 Å². The van der Waals surface area contributed by atoms with E-state index in [0.29, 0.717) is 15.0 Å². The SMILES string of the molecule is CCc1cccc([Se]c2ccccc2)c1. The Labute approximate surface area is 97.5 Å². The van der Waals surface area contributed by atoms with Gasteiger partial charge in [-0.05, 0) is 0 Å². The second-order valence-electron chi connectivity index (χ2n) is 3.42. The van der Waals surface area contributed by atoms with Crippen LogP contribution in [-0.2, 0) is 6.42 Å². The molecule has 0 saturated carbocycles. The van der Waals surface area contributed by atoms with Gasteiger partial charge in [0.05, 0.1) is 0 Å². The third kappa shape index (κ3) is 2.95. The molecule has 0 saturated heterocycles. The summed E-state index contributed by atoms with van der Waals surface area (Å²) in [5.41, 5.74) is 1.44. The first-order valence-corrected chi connectivity index (χ1v) is 6.91. The van der Waals surface area contributed by atoms with Crippen LogP contribution in [0.5, 0.6) is 0 Å². The Kier molecular flexibility index (Phi) is 3.60. The number of aryl methyl sites for hydroxylation is 1. The average molecular weight is 261 g/mol. The van der Waals surface area contributed by atoms with Gasteiger partial charge in [0, 0.05) is 0 Å². The summed E-state index contributed by atoms with van der Waals surface area (Å²) >= 11 is 0.451. The Morgan fingerprint density at radius 3 is 2.33 bits per heavy atom. The fourth-order valence-corrected chi connectivity index (χ4v) is 3.39. The van der Waals surface area contributed by atoms with Crippen molar-refractivity contribution in [1.29, 1.82) is 0 Å². The van der Waals surface area contributed by atoms with Crippen LogP contribution in [0, 0.1) is 0 Å². The summed E-state index contributed by atoms with van der Waals surface area (Å²) in [7, 11) is 0. The quantitative estimate of drug-likeness (QED) is 0.740. The molecule has 2 aromatic rings. The van der Waals surface area contributed by atoms with Gasteiger partial charge in [-0.3, -0.25) is 0 Å². The Morgan fingerprint density at radius 1 is 0.867 bits per heavy atom. The summed E-state index contributed by atoms with van der Waals surface area (Å²) in [5, 5.41) is 0. The van der Waals surface area contributed by atoms with E-state index in [1.165, 1.54) is 14.5 Å². The van der Waals surface area contributed by atoms with E-state index in [9.17, 15) is 0 Å². The van der Waals surface area contributed by atoms with Crippen molar-refractivity contribution >= 4 is 23.9 Å². The zero-order chi connectivity index (χ0) is 10.5. The minimum atomic E-state index is 0.451. The summed E-state index contributed by atoms with van der Waals surface area (Å²) in [5.74, 6) is 0. The molecular weight excluding hydrogens is 247 g/mol. The molecule has 0 atom stereocenters. The third-order valence-electron chi connectivity index (χ3n) is 2.29. The normalized spacial score (nSPS) is 10.2. The molecule has 15 heavy (non-hydrogen) atoms. The van der Waals surface area contributed by atoms with E-state index in [0.717, 1.165) is 6.42 Å². The molecule has 0 radical (unpaired) electrons. The van der Waals surface area contributed by atoms with Gasteiger partial charge in [0.15, 0.2) is 0 Å². The van der Waals surface area contributed by atoms with Crippen molar-refractivity contribution in [2.24, 2.45) is 0 Å². The van der Waals surface area contributed by atoms with Crippen LogP contribution in [-0.4, -0.2) is 15.0 Å². The maximum absolute atomic E-state index is 2.33. The van der Waals surface area contributed by atoms with Gasteiger partial charge in [-0.2, -0.15) is 0 Å². The zero-order valence-electron chi connectivity index (χ0n) is 8.81. The fourth-order valence-electron chi connectivity index (χ4n) is 1.45. The average Bonchev–Trinajstić information content (AvgIpc) is 2.31. The second kappa shape index (κ2) is 5.16. The van der Waals surface area contributed by atoms with Crippen LogP contribution < -0.4 is 8.92 Å². The summed E-state index contributed by atoms with van der Waals surface area (Å²) in [6.07, 6.45) is 1.12. The molecule has 2 aromatic carbocycles. The number of hydrogen-bond acceptors (Lipinski definition) is 0. The van der Waals surface area contributed by atoms with Gasteiger partial charge in [0.25, 0.3) is 0 Å². The van der Waals surface area contributed by atoms with Crippen LogP contribution in [0.2, 0.25) is 0 Å². The molecule has 0 amide bonds. The zero-order valence-corrected chi connectivity index (χ0v) is 10.5. The molecule has 1 heteroatoms. The van der Waals surface area contributed by atoms with Gasteiger partial charge in [0.2, 0.25) is 0 Å². The van der Waals surface area contributed by atoms with E-state index < -0.39 is 0 Å². The first kappa shape index (κ1) is 10.5. The monoisotopic (exact) mass is 262 g/mol. The molecule has 76 valence electrons. The van der Waals surface area contributed by atoms with Crippen LogP contribution >= 0.6 is 0 Å². The van der Waals surface area contributed by atoms with Crippen molar-refractivity contribution in [3.63, 3.8) is 0 Å². The van der Waals surface area contributed by atoms with E-state index in [1.807, 2.05) is 0 Å². The molecule has 0 N–H and O–H groups in total. The van der Waals surface area contributed by atoms with E-state index in [-0.39, 0.29) is 0 Å². The van der Waals surface area contributed by atoms with Crippen molar-refractivity contribution in [3.8, 4) is 0 Å². The van der Waals surface area contributed by atoms with Crippen LogP contribution in [0.15, 0.2) is 54.6 Å². The molecule has 0 aliphatic heterocycles. The van der Waals surface area contributed by atoms with E-state index in [2.05, 4.69) is 61.5 Å². The van der Waals surface area contributed by atoms with Crippen LogP contribution in [0.1, 0.15) is 12.5 Å². The molecule has 0 aliphatic carbocycles. The minimum absolute atomic E-state index is 0.451. The van der Waals surface area contributed by atoms with Crippen molar-refractivity contribution in [2.75, 3.05) is 0 Å². The van der Waals surface area contributed by atoms with Crippen molar-refractivity contribution < 1.29 is 0 Å². The molecule has 2 rings (SSSR count). The number of benzene rings is 2. The summed E-state index contributed by atoms with van der Waals surface area (Å²) < 4.78 is 2.91. The van der Waals surface area contributed by atoms with Gasteiger partial charge in [0.1, 0.15) is 0 Å². The number of rotatable bonds is 3. The molecule has 0 nitrogen and oxygen atoms in total. The van der Waals surface area contributed by atoms with E-state index in [4.69, 9.17) is 0 Å². The molecule has 0 fully saturated rings. The van der Waals surface area contributed by atoms with Crippen LogP contribution in [0.3, 0.4) is 0 Å². The first-order valence-electron chi connectivity index (χ1n) is 5.20. The van der Waals surface area contributed by atoms with Gasteiger partial charge < -0.3 is 0 Å². The van der Waals surface area contributed by atoms with Gasteiger partial charge in [-0.15, -0.1) is 0 Å². The second-order valence-corrected chi connectivity index (χ2v) is 5.82. The summed E-state index contributed by atoms with van der Waals surface area (Å²) in [6.45, 7) is 2.20. The Balaban J connectivity index is 2.17. The predicted molar refractivity (Wildman–Crippen MR) is 67.3 cm³/mol. The molecule has 0 bridgehead atoms. The van der Waals surface area contributed by atoms with Crippen LogP contribution in [0.25, 0.3) is 0 Å². The molecule has 0 spiro atoms. The van der Waals surface area contributed by atoms with E-state index >= 15 is 0 Å². The number of hydrogen-bond donors (Lipinski definition) is 0. The van der Waals surface area contributed by atoms with Gasteiger partial charge >= 0.3 is 97.4 Å². The van der Waals surface area contributed by atoms with E-state index in [1.54, 1.807) is 0 Å². The Morgan fingerprint density at radius 2 is 1.60 bits per heavy atom. The standard InChI is InChI=1S/C14H14Se/c1-2-12-7-6-10-14(11-12)15-13-8-4-3-5-9-13/h3-11H,2H2,1H3. The molecule has 0 heterocycles.